The summed E-state index contributed by atoms with van der Waals surface area (Å²) in [5.74, 6) is 0.982. The first-order valence-electron chi connectivity index (χ1n) is 10.8. The van der Waals surface area contributed by atoms with Crippen LogP contribution in [0.1, 0.15) is 53.4 Å². The summed E-state index contributed by atoms with van der Waals surface area (Å²) >= 11 is 5.82. The molecule has 0 saturated carbocycles. The van der Waals surface area contributed by atoms with Crippen molar-refractivity contribution in [2.24, 2.45) is 17.8 Å². The van der Waals surface area contributed by atoms with E-state index in [2.05, 4.69) is 38.0 Å². The van der Waals surface area contributed by atoms with E-state index in [0.29, 0.717) is 61.7 Å². The molecule has 0 bridgehead atoms. The minimum Gasteiger partial charge on any atom is -0.310 e. The fourth-order valence-electron chi connectivity index (χ4n) is 3.34. The van der Waals surface area contributed by atoms with E-state index >= 15 is 0 Å². The van der Waals surface area contributed by atoms with E-state index in [1.54, 1.807) is 16.4 Å². The first-order valence-corrected chi connectivity index (χ1v) is 12.5. The van der Waals surface area contributed by atoms with Crippen LogP contribution in [0.3, 0.4) is 0 Å². The molecule has 1 fully saturated rings. The largest absolute Gasteiger partial charge is 0.310 e. The number of pyridine rings is 1. The average molecular weight is 459 g/mol. The molecule has 7 nitrogen and oxygen atoms in total. The van der Waals surface area contributed by atoms with Gasteiger partial charge in [0.15, 0.2) is 0 Å². The van der Waals surface area contributed by atoms with Gasteiger partial charge in [-0.25, -0.2) is 4.98 Å². The van der Waals surface area contributed by atoms with Crippen LogP contribution >= 0.6 is 11.6 Å². The summed E-state index contributed by atoms with van der Waals surface area (Å²) in [6.07, 6.45) is 4.16. The van der Waals surface area contributed by atoms with E-state index in [4.69, 9.17) is 11.6 Å². The third-order valence-electron chi connectivity index (χ3n) is 5.37. The molecule has 1 aliphatic heterocycles. The second-order valence-electron chi connectivity index (χ2n) is 8.80. The Balaban J connectivity index is 1.95. The van der Waals surface area contributed by atoms with Gasteiger partial charge in [0, 0.05) is 38.3 Å². The van der Waals surface area contributed by atoms with E-state index in [1.807, 2.05) is 0 Å². The highest BCUT2D eigenvalue weighted by Gasteiger charge is 2.34. The number of nitrogens with one attached hydrogen (secondary N) is 1. The van der Waals surface area contributed by atoms with Crippen molar-refractivity contribution in [1.82, 2.24) is 13.6 Å². The zero-order valence-electron chi connectivity index (χ0n) is 18.5. The van der Waals surface area contributed by atoms with Crippen LogP contribution in [0.25, 0.3) is 0 Å². The molecular formula is C21H35ClN4O3S. The maximum Gasteiger partial charge on any atom is 0.281 e. The molecule has 1 amide bonds. The summed E-state index contributed by atoms with van der Waals surface area (Å²) in [6, 6.07) is 3.32. The second-order valence-corrected chi connectivity index (χ2v) is 11.2. The lowest BCUT2D eigenvalue weighted by Gasteiger charge is -2.35. The Hall–Kier alpha value is -1.22. The Kier molecular flexibility index (Phi) is 9.53. The molecule has 2 heterocycles. The van der Waals surface area contributed by atoms with Gasteiger partial charge in [0.2, 0.25) is 5.91 Å². The highest BCUT2D eigenvalue weighted by molar-refractivity contribution is 7.86. The maximum absolute atomic E-state index is 13.2. The number of anilines is 1. The lowest BCUT2D eigenvalue weighted by molar-refractivity contribution is -0.120. The molecule has 0 spiro atoms. The molecule has 30 heavy (non-hydrogen) atoms. The minimum atomic E-state index is -3.52. The Labute approximate surface area is 186 Å². The van der Waals surface area contributed by atoms with E-state index in [-0.39, 0.29) is 11.8 Å². The Morgan fingerprint density at radius 3 is 2.20 bits per heavy atom. The molecule has 0 atom stereocenters. The lowest BCUT2D eigenvalue weighted by Crippen LogP contribution is -2.49. The van der Waals surface area contributed by atoms with E-state index in [9.17, 15) is 13.2 Å². The molecule has 0 radical (unpaired) electrons. The van der Waals surface area contributed by atoms with E-state index < -0.39 is 10.2 Å². The summed E-state index contributed by atoms with van der Waals surface area (Å²) in [5.41, 5.74) is 0. The minimum absolute atomic E-state index is 0.127. The quantitative estimate of drug-likeness (QED) is 0.573. The van der Waals surface area contributed by atoms with Crippen molar-refractivity contribution in [1.29, 1.82) is 0 Å². The van der Waals surface area contributed by atoms with Crippen molar-refractivity contribution in [3.05, 3.63) is 23.4 Å². The number of rotatable bonds is 10. The Morgan fingerprint density at radius 1 is 1.17 bits per heavy atom. The smallest absolute Gasteiger partial charge is 0.281 e. The number of halogens is 1. The van der Waals surface area contributed by atoms with Gasteiger partial charge in [-0.15, -0.1) is 0 Å². The van der Waals surface area contributed by atoms with Gasteiger partial charge < -0.3 is 5.32 Å². The molecule has 0 unspecified atom stereocenters. The molecule has 0 aromatic carbocycles. The van der Waals surface area contributed by atoms with Crippen molar-refractivity contribution >= 4 is 33.5 Å². The van der Waals surface area contributed by atoms with Crippen LogP contribution < -0.4 is 5.32 Å². The van der Waals surface area contributed by atoms with Crippen LogP contribution in [-0.4, -0.2) is 54.1 Å². The number of piperidine rings is 1. The van der Waals surface area contributed by atoms with Gasteiger partial charge in [-0.1, -0.05) is 39.3 Å². The second kappa shape index (κ2) is 11.4. The van der Waals surface area contributed by atoms with Crippen LogP contribution in [0.4, 0.5) is 5.82 Å². The molecular weight excluding hydrogens is 424 g/mol. The molecule has 170 valence electrons. The zero-order chi connectivity index (χ0) is 22.3. The van der Waals surface area contributed by atoms with Gasteiger partial charge >= 0.3 is 0 Å². The Morgan fingerprint density at radius 2 is 1.73 bits per heavy atom. The Bertz CT molecular complexity index is 764. The van der Waals surface area contributed by atoms with Gasteiger partial charge in [-0.05, 0) is 49.7 Å². The normalized spacial score (nSPS) is 16.5. The first kappa shape index (κ1) is 25.0. The third-order valence-corrected chi connectivity index (χ3v) is 7.63. The van der Waals surface area contributed by atoms with Crippen LogP contribution in [0.5, 0.6) is 0 Å². The van der Waals surface area contributed by atoms with E-state index in [1.165, 1.54) is 10.5 Å². The van der Waals surface area contributed by atoms with Gasteiger partial charge in [-0.2, -0.15) is 17.0 Å². The van der Waals surface area contributed by atoms with Gasteiger partial charge in [-0.3, -0.25) is 4.79 Å². The van der Waals surface area contributed by atoms with Crippen LogP contribution in [0.2, 0.25) is 5.02 Å². The van der Waals surface area contributed by atoms with Gasteiger partial charge in [0.05, 0.1) is 5.02 Å². The van der Waals surface area contributed by atoms with E-state index in [0.717, 1.165) is 12.8 Å². The highest BCUT2D eigenvalue weighted by atomic mass is 35.5. The lowest BCUT2D eigenvalue weighted by atomic mass is 9.97. The summed E-state index contributed by atoms with van der Waals surface area (Å²) < 4.78 is 29.6. The summed E-state index contributed by atoms with van der Waals surface area (Å²) in [5, 5.41) is 3.30. The molecule has 1 N–H and O–H groups in total. The number of hydrogen-bond donors (Lipinski definition) is 1. The number of amides is 1. The summed E-state index contributed by atoms with van der Waals surface area (Å²) in [4.78, 5) is 16.6. The van der Waals surface area contributed by atoms with Crippen molar-refractivity contribution in [2.75, 3.05) is 31.5 Å². The van der Waals surface area contributed by atoms with Gasteiger partial charge in [0.25, 0.3) is 10.2 Å². The number of nitrogens with zero attached hydrogens (tertiary/aromatic N) is 3. The molecule has 9 heteroatoms. The molecule has 2 rings (SSSR count). The molecule has 0 aliphatic carbocycles. The van der Waals surface area contributed by atoms with Crippen molar-refractivity contribution < 1.29 is 13.2 Å². The van der Waals surface area contributed by atoms with Crippen LogP contribution in [0, 0.1) is 17.8 Å². The standard InChI is InChI=1S/C21H35ClN4O3S/c1-16(2)7-11-25(12-8-17(3)4)30(28,29)26-13-9-18(10-14-26)21(27)24-20-6-5-19(22)15-23-20/h5-6,15-18H,7-14H2,1-4H3,(H,23,24,27). The SMILES string of the molecule is CC(C)CCN(CCC(C)C)S(=O)(=O)N1CCC(C(=O)Nc2ccc(Cl)cn2)CC1. The zero-order valence-corrected chi connectivity index (χ0v) is 20.0. The van der Waals surface area contributed by atoms with Crippen molar-refractivity contribution in [3.63, 3.8) is 0 Å². The fourth-order valence-corrected chi connectivity index (χ4v) is 5.12. The monoisotopic (exact) mass is 458 g/mol. The molecule has 1 aromatic heterocycles. The number of aromatic nitrogens is 1. The summed E-state index contributed by atoms with van der Waals surface area (Å²) in [6.45, 7) is 10.2. The predicted molar refractivity (Wildman–Crippen MR) is 122 cm³/mol. The maximum atomic E-state index is 13.2. The third kappa shape index (κ3) is 7.48. The van der Waals surface area contributed by atoms with Crippen molar-refractivity contribution in [3.8, 4) is 0 Å². The van der Waals surface area contributed by atoms with Crippen LogP contribution in [-0.2, 0) is 15.0 Å². The molecule has 1 saturated heterocycles. The summed E-state index contributed by atoms with van der Waals surface area (Å²) in [7, 11) is -3.52. The fraction of sp³-hybridized carbons (Fsp3) is 0.714. The number of hydrogen-bond acceptors (Lipinski definition) is 4. The first-order chi connectivity index (χ1) is 14.1. The van der Waals surface area contributed by atoms with Crippen molar-refractivity contribution in [2.45, 2.75) is 53.4 Å². The molecule has 1 aromatic rings. The highest BCUT2D eigenvalue weighted by Crippen LogP contribution is 2.24. The van der Waals surface area contributed by atoms with Crippen LogP contribution in [0.15, 0.2) is 18.3 Å². The average Bonchev–Trinajstić information content (AvgIpc) is 2.69. The number of carbonyl (C=O) groups excluding carboxylic acids is 1. The molecule has 1 aliphatic rings. The van der Waals surface area contributed by atoms with Gasteiger partial charge in [0.1, 0.15) is 5.82 Å². The predicted octanol–water partition coefficient (Wildman–Crippen LogP) is 4.02. The topological polar surface area (TPSA) is 82.6 Å². The number of carbonyl (C=O) groups is 1.